The Morgan fingerprint density at radius 2 is 2.12 bits per heavy atom. The Balaban J connectivity index is 2.66. The molecule has 2 nitrogen and oxygen atoms in total. The number of hydrogen-bond donors (Lipinski definition) is 0. The minimum absolute atomic E-state index is 0.0594. The van der Waals surface area contributed by atoms with Crippen LogP contribution in [0.4, 0.5) is 8.78 Å². The Morgan fingerprint density at radius 1 is 1.41 bits per heavy atom. The van der Waals surface area contributed by atoms with Gasteiger partial charge in [0, 0.05) is 5.56 Å². The minimum Gasteiger partial charge on any atom is -0.366 e. The second-order valence-electron chi connectivity index (χ2n) is 4.01. The Hall–Kier alpha value is -1.29. The van der Waals surface area contributed by atoms with Crippen molar-refractivity contribution in [2.75, 3.05) is 0 Å². The molecule has 0 N–H and O–H groups in total. The summed E-state index contributed by atoms with van der Waals surface area (Å²) < 4.78 is 31.5. The van der Waals surface area contributed by atoms with E-state index < -0.39 is 17.7 Å². The van der Waals surface area contributed by atoms with Gasteiger partial charge in [0.15, 0.2) is 11.6 Å². The molecule has 4 heteroatoms. The van der Waals surface area contributed by atoms with Gasteiger partial charge in [-0.25, -0.2) is 8.78 Å². The van der Waals surface area contributed by atoms with Gasteiger partial charge in [0.05, 0.1) is 6.61 Å². The van der Waals surface area contributed by atoms with Crippen molar-refractivity contribution in [2.45, 2.75) is 33.0 Å². The first kappa shape index (κ1) is 13.8. The molecule has 0 saturated heterocycles. The highest BCUT2D eigenvalue weighted by atomic mass is 19.2. The van der Waals surface area contributed by atoms with Crippen LogP contribution in [-0.4, -0.2) is 12.4 Å². The van der Waals surface area contributed by atoms with E-state index in [-0.39, 0.29) is 18.1 Å². The van der Waals surface area contributed by atoms with Gasteiger partial charge in [-0.1, -0.05) is 32.4 Å². The zero-order valence-corrected chi connectivity index (χ0v) is 9.95. The standard InChI is InChI=1S/C13H16F2O2/c1-3-9(2)12(7-16)17-8-10-5-4-6-11(14)13(10)15/h4-7,9,12H,3,8H2,1-2H3. The smallest absolute Gasteiger partial charge is 0.164 e. The quantitative estimate of drug-likeness (QED) is 0.716. The molecular weight excluding hydrogens is 226 g/mol. The van der Waals surface area contributed by atoms with Crippen LogP contribution in [0, 0.1) is 17.6 Å². The molecular formula is C13H16F2O2. The lowest BCUT2D eigenvalue weighted by Gasteiger charge is -2.17. The highest BCUT2D eigenvalue weighted by molar-refractivity contribution is 5.56. The van der Waals surface area contributed by atoms with E-state index in [4.69, 9.17) is 4.74 Å². The molecule has 94 valence electrons. The summed E-state index contributed by atoms with van der Waals surface area (Å²) in [7, 11) is 0. The largest absolute Gasteiger partial charge is 0.366 e. The second-order valence-corrected chi connectivity index (χ2v) is 4.01. The van der Waals surface area contributed by atoms with Crippen molar-refractivity contribution in [2.24, 2.45) is 5.92 Å². The van der Waals surface area contributed by atoms with Gasteiger partial charge < -0.3 is 9.53 Å². The van der Waals surface area contributed by atoms with Crippen LogP contribution in [0.15, 0.2) is 18.2 Å². The molecule has 2 atom stereocenters. The summed E-state index contributed by atoms with van der Waals surface area (Å²) >= 11 is 0. The summed E-state index contributed by atoms with van der Waals surface area (Å²) in [6.45, 7) is 3.71. The normalized spacial score (nSPS) is 14.4. The van der Waals surface area contributed by atoms with E-state index in [1.54, 1.807) is 0 Å². The molecule has 0 aliphatic rings. The highest BCUT2D eigenvalue weighted by Crippen LogP contribution is 2.16. The molecule has 1 aromatic rings. The molecule has 0 bridgehead atoms. The molecule has 0 aromatic heterocycles. The third-order valence-electron chi connectivity index (χ3n) is 2.80. The molecule has 0 heterocycles. The van der Waals surface area contributed by atoms with Gasteiger partial charge in [0.1, 0.15) is 12.4 Å². The van der Waals surface area contributed by atoms with Crippen LogP contribution in [-0.2, 0) is 16.1 Å². The molecule has 0 radical (unpaired) electrons. The zero-order chi connectivity index (χ0) is 12.8. The maximum atomic E-state index is 13.3. The van der Waals surface area contributed by atoms with Crippen molar-refractivity contribution >= 4 is 6.29 Å². The average molecular weight is 242 g/mol. The molecule has 0 spiro atoms. The fourth-order valence-corrected chi connectivity index (χ4v) is 1.42. The summed E-state index contributed by atoms with van der Waals surface area (Å²) in [6.07, 6.45) is 0.906. The van der Waals surface area contributed by atoms with Crippen LogP contribution in [0.25, 0.3) is 0 Å². The van der Waals surface area contributed by atoms with Crippen molar-refractivity contribution in [1.29, 1.82) is 0 Å². The molecule has 0 fully saturated rings. The minimum atomic E-state index is -0.915. The fourth-order valence-electron chi connectivity index (χ4n) is 1.42. The molecule has 0 aliphatic heterocycles. The maximum Gasteiger partial charge on any atom is 0.164 e. The van der Waals surface area contributed by atoms with E-state index >= 15 is 0 Å². The molecule has 1 aromatic carbocycles. The van der Waals surface area contributed by atoms with Gasteiger partial charge in [-0.15, -0.1) is 0 Å². The zero-order valence-electron chi connectivity index (χ0n) is 9.95. The summed E-state index contributed by atoms with van der Waals surface area (Å²) in [5.41, 5.74) is 0.125. The molecule has 0 aliphatic carbocycles. The van der Waals surface area contributed by atoms with Gasteiger partial charge >= 0.3 is 0 Å². The number of hydrogen-bond acceptors (Lipinski definition) is 2. The number of carbonyl (C=O) groups is 1. The Labute approximate surface area is 99.6 Å². The van der Waals surface area contributed by atoms with Gasteiger partial charge in [-0.3, -0.25) is 0 Å². The first-order valence-corrected chi connectivity index (χ1v) is 5.59. The second kappa shape index (κ2) is 6.45. The third kappa shape index (κ3) is 3.60. The lowest BCUT2D eigenvalue weighted by Crippen LogP contribution is -2.23. The van der Waals surface area contributed by atoms with Crippen LogP contribution < -0.4 is 0 Å². The van der Waals surface area contributed by atoms with Crippen molar-refractivity contribution in [3.05, 3.63) is 35.4 Å². The van der Waals surface area contributed by atoms with Crippen molar-refractivity contribution in [3.8, 4) is 0 Å². The number of halogens is 2. The van der Waals surface area contributed by atoms with E-state index in [9.17, 15) is 13.6 Å². The number of rotatable bonds is 6. The van der Waals surface area contributed by atoms with Crippen molar-refractivity contribution in [1.82, 2.24) is 0 Å². The van der Waals surface area contributed by atoms with E-state index in [1.807, 2.05) is 13.8 Å². The summed E-state index contributed by atoms with van der Waals surface area (Å²) in [5, 5.41) is 0. The van der Waals surface area contributed by atoms with E-state index in [0.29, 0.717) is 6.29 Å². The Kier molecular flexibility index (Phi) is 5.22. The Bertz CT molecular complexity index is 380. The summed E-state index contributed by atoms with van der Waals surface area (Å²) in [5.74, 6) is -1.76. The first-order valence-electron chi connectivity index (χ1n) is 5.59. The van der Waals surface area contributed by atoms with Gasteiger partial charge in [-0.2, -0.15) is 0 Å². The molecule has 0 saturated carbocycles. The van der Waals surface area contributed by atoms with Gasteiger partial charge in [0.25, 0.3) is 0 Å². The van der Waals surface area contributed by atoms with Crippen LogP contribution >= 0.6 is 0 Å². The van der Waals surface area contributed by atoms with Crippen molar-refractivity contribution in [3.63, 3.8) is 0 Å². The van der Waals surface area contributed by atoms with Gasteiger partial charge in [-0.05, 0) is 12.0 Å². The van der Waals surface area contributed by atoms with Gasteiger partial charge in [0.2, 0.25) is 0 Å². The maximum absolute atomic E-state index is 13.3. The van der Waals surface area contributed by atoms with Crippen LogP contribution in [0.1, 0.15) is 25.8 Å². The molecule has 2 unspecified atom stereocenters. The predicted octanol–water partition coefficient (Wildman–Crippen LogP) is 3.10. The number of carbonyl (C=O) groups excluding carboxylic acids is 1. The number of aldehydes is 1. The van der Waals surface area contributed by atoms with Crippen molar-refractivity contribution < 1.29 is 18.3 Å². The van der Waals surface area contributed by atoms with Crippen LogP contribution in [0.2, 0.25) is 0 Å². The monoisotopic (exact) mass is 242 g/mol. The fraction of sp³-hybridized carbons (Fsp3) is 0.462. The molecule has 1 rings (SSSR count). The number of benzene rings is 1. The molecule has 0 amide bonds. The van der Waals surface area contributed by atoms with E-state index in [2.05, 4.69) is 0 Å². The summed E-state index contributed by atoms with van der Waals surface area (Å²) in [4.78, 5) is 10.8. The Morgan fingerprint density at radius 3 is 2.71 bits per heavy atom. The third-order valence-corrected chi connectivity index (χ3v) is 2.80. The highest BCUT2D eigenvalue weighted by Gasteiger charge is 2.16. The van der Waals surface area contributed by atoms with E-state index in [0.717, 1.165) is 12.5 Å². The van der Waals surface area contributed by atoms with Crippen LogP contribution in [0.3, 0.4) is 0 Å². The summed E-state index contributed by atoms with van der Waals surface area (Å²) in [6, 6.07) is 3.90. The lowest BCUT2D eigenvalue weighted by atomic mass is 10.0. The average Bonchev–Trinajstić information content (AvgIpc) is 2.34. The molecule has 17 heavy (non-hydrogen) atoms. The number of ether oxygens (including phenoxy) is 1. The van der Waals surface area contributed by atoms with Crippen LogP contribution in [0.5, 0.6) is 0 Å². The van der Waals surface area contributed by atoms with E-state index in [1.165, 1.54) is 12.1 Å². The SMILES string of the molecule is CCC(C)C(C=O)OCc1cccc(F)c1F. The predicted molar refractivity (Wildman–Crippen MR) is 60.5 cm³/mol. The topological polar surface area (TPSA) is 26.3 Å². The first-order chi connectivity index (χ1) is 8.10. The lowest BCUT2D eigenvalue weighted by molar-refractivity contribution is -0.122.